The number of piperidine rings is 2. The van der Waals surface area contributed by atoms with Crippen LogP contribution in [0.4, 0.5) is 21.2 Å². The van der Waals surface area contributed by atoms with Crippen molar-refractivity contribution in [1.82, 2.24) is 39.1 Å². The molecule has 8 N–H and O–H groups in total. The van der Waals surface area contributed by atoms with Crippen LogP contribution in [0.15, 0.2) is 97.3 Å². The molecule has 4 amide bonds. The van der Waals surface area contributed by atoms with Gasteiger partial charge in [0.25, 0.3) is 11.8 Å². The standard InChI is InChI=1S/C28H34N6O4.C27H32N6O5.Li.H2O/c1-18(35)25-24(20-8-10-21(11-9-20)26(36)31-22-7-5-6-14-30-22)32-23(34(25)29)17-19-12-15-33(16-13-19)27(37)38-28(2,3)4;1-27(2,3)38-26(37)32-14-11-17(12-15-32)16-21-31-22(23(25(35)36)33(21)28)18-7-9-19(10-8-18)24(34)30-20-6-4-5-13-29-20;;/h5-11,14,19H,12-13,15-17,29H2,1-4H3,(H,30,31,36);4-10,13,17H,11-12,14-16,28H2,1-3H3,(H,35,36)(H,29,30,34);;1H2/q;;+1;/p-1. The molecule has 78 heavy (non-hydrogen) atoms. The predicted octanol–water partition coefficient (Wildman–Crippen LogP) is 4.93. The molecule has 22 nitrogen and oxygen atoms in total. The number of benzene rings is 2. The second kappa shape index (κ2) is 26.3. The van der Waals surface area contributed by atoms with Gasteiger partial charge >= 0.3 is 37.0 Å². The van der Waals surface area contributed by atoms with Crippen LogP contribution in [0, 0.1) is 11.8 Å². The summed E-state index contributed by atoms with van der Waals surface area (Å²) in [6.07, 6.45) is 6.65. The van der Waals surface area contributed by atoms with Crippen LogP contribution in [-0.4, -0.2) is 123 Å². The Morgan fingerprint density at radius 1 is 0.590 bits per heavy atom. The number of nitrogens with one attached hydrogen (secondary N) is 2. The van der Waals surface area contributed by atoms with Gasteiger partial charge in [0.15, 0.2) is 11.5 Å². The van der Waals surface area contributed by atoms with E-state index in [0.29, 0.717) is 95.9 Å². The van der Waals surface area contributed by atoms with Gasteiger partial charge in [-0.05, 0) is 128 Å². The van der Waals surface area contributed by atoms with Crippen molar-refractivity contribution in [2.24, 2.45) is 11.8 Å². The molecule has 6 aromatic rings. The number of nitrogens with zero attached hydrogens (tertiary/aromatic N) is 8. The molecular weight excluding hydrogens is 996 g/mol. The number of aromatic carboxylic acids is 1. The maximum Gasteiger partial charge on any atom is 1.00 e. The van der Waals surface area contributed by atoms with Crippen molar-refractivity contribution in [2.45, 2.75) is 98.2 Å². The summed E-state index contributed by atoms with van der Waals surface area (Å²) < 4.78 is 13.4. The van der Waals surface area contributed by atoms with Gasteiger partial charge in [-0.3, -0.25) is 14.4 Å². The van der Waals surface area contributed by atoms with Gasteiger partial charge < -0.3 is 52.2 Å². The molecule has 0 bridgehead atoms. The van der Waals surface area contributed by atoms with E-state index in [1.165, 1.54) is 11.6 Å². The number of aromatic nitrogens is 6. The molecule has 0 aliphatic carbocycles. The maximum atomic E-state index is 12.6. The average Bonchev–Trinajstić information content (AvgIpc) is 3.89. The van der Waals surface area contributed by atoms with Crippen molar-refractivity contribution in [1.29, 1.82) is 0 Å². The molecule has 6 heterocycles. The Hall–Kier alpha value is -8.06. The van der Waals surface area contributed by atoms with Crippen LogP contribution in [-0.2, 0) is 22.3 Å². The number of carboxylic acids is 1. The summed E-state index contributed by atoms with van der Waals surface area (Å²) in [4.78, 5) is 95.3. The third kappa shape index (κ3) is 16.0. The second-order valence-electron chi connectivity index (χ2n) is 20.8. The molecular formula is C55H67LiN12O10. The summed E-state index contributed by atoms with van der Waals surface area (Å²) in [5, 5.41) is 15.3. The van der Waals surface area contributed by atoms with E-state index < -0.39 is 17.2 Å². The molecule has 0 radical (unpaired) electrons. The molecule has 4 aromatic heterocycles. The molecule has 2 aliphatic rings. The number of carbonyl (C=O) groups is 6. The Kier molecular flexibility index (Phi) is 20.5. The fourth-order valence-corrected chi connectivity index (χ4v) is 8.81. The first-order valence-corrected chi connectivity index (χ1v) is 25.1. The monoisotopic (exact) mass is 1060 g/mol. The molecule has 0 saturated carbocycles. The van der Waals surface area contributed by atoms with E-state index in [0.717, 1.165) is 30.4 Å². The molecule has 0 unspecified atom stereocenters. The van der Waals surface area contributed by atoms with Gasteiger partial charge in [0.2, 0.25) is 0 Å². The number of likely N-dealkylation sites (tertiary alicyclic amines) is 2. The van der Waals surface area contributed by atoms with Crippen LogP contribution in [0.1, 0.15) is 127 Å². The number of amides is 4. The van der Waals surface area contributed by atoms with Gasteiger partial charge in [-0.1, -0.05) is 36.4 Å². The number of carbonyl (C=O) groups excluding carboxylic acids is 5. The van der Waals surface area contributed by atoms with E-state index in [1.54, 1.807) is 107 Å². The third-order valence-electron chi connectivity index (χ3n) is 12.6. The van der Waals surface area contributed by atoms with Gasteiger partial charge in [-0.15, -0.1) is 0 Å². The van der Waals surface area contributed by atoms with Gasteiger partial charge in [-0.25, -0.2) is 43.7 Å². The zero-order chi connectivity index (χ0) is 54.9. The number of imidazole rings is 2. The van der Waals surface area contributed by atoms with E-state index in [-0.39, 0.29) is 77.3 Å². The summed E-state index contributed by atoms with van der Waals surface area (Å²) in [5.41, 5.74) is 1.89. The first kappa shape index (κ1) is 60.8. The number of rotatable bonds is 12. The molecule has 2 aliphatic heterocycles. The normalized spacial score (nSPS) is 13.9. The fraction of sp³-hybridized carbons (Fsp3) is 0.382. The minimum atomic E-state index is -1.20. The molecule has 2 saturated heterocycles. The minimum Gasteiger partial charge on any atom is -0.870 e. The molecule has 2 fully saturated rings. The van der Waals surface area contributed by atoms with Crippen LogP contribution >= 0.6 is 0 Å². The summed E-state index contributed by atoms with van der Waals surface area (Å²) >= 11 is 0. The average molecular weight is 1060 g/mol. The molecule has 2 aromatic carbocycles. The van der Waals surface area contributed by atoms with Crippen LogP contribution in [0.2, 0.25) is 0 Å². The number of hydrogen-bond donors (Lipinski definition) is 5. The van der Waals surface area contributed by atoms with E-state index in [9.17, 15) is 33.9 Å². The van der Waals surface area contributed by atoms with E-state index in [1.807, 2.05) is 41.5 Å². The van der Waals surface area contributed by atoms with Gasteiger partial charge in [-0.2, -0.15) is 0 Å². The predicted molar refractivity (Wildman–Crippen MR) is 287 cm³/mol. The molecule has 8 rings (SSSR count). The number of anilines is 2. The summed E-state index contributed by atoms with van der Waals surface area (Å²) in [6.45, 7) is 14.8. The number of hydrogen-bond acceptors (Lipinski definition) is 15. The zero-order valence-corrected chi connectivity index (χ0v) is 45.4. The smallest absolute Gasteiger partial charge is 0.870 e. The number of pyridine rings is 2. The van der Waals surface area contributed by atoms with Gasteiger partial charge in [0, 0.05) is 80.6 Å². The number of nitrogens with two attached hydrogens (primary N) is 2. The van der Waals surface area contributed by atoms with Gasteiger partial charge in [0.1, 0.15) is 51.6 Å². The van der Waals surface area contributed by atoms with Crippen LogP contribution in [0.25, 0.3) is 22.5 Å². The van der Waals surface area contributed by atoms with Crippen LogP contribution in [0.5, 0.6) is 0 Å². The number of ether oxygens (including phenoxy) is 2. The number of ketones is 1. The molecule has 408 valence electrons. The minimum absolute atomic E-state index is 0. The van der Waals surface area contributed by atoms with Crippen LogP contribution in [0.3, 0.4) is 0 Å². The quantitative estimate of drug-likeness (QED) is 0.0616. The Balaban J connectivity index is 0.000000280. The molecule has 0 spiro atoms. The van der Waals surface area contributed by atoms with Crippen molar-refractivity contribution in [3.05, 3.63) is 131 Å². The zero-order valence-electron chi connectivity index (χ0n) is 45.4. The first-order chi connectivity index (χ1) is 36.0. The number of carboxylic acid groups (broad SMARTS) is 1. The van der Waals surface area contributed by atoms with E-state index >= 15 is 0 Å². The summed E-state index contributed by atoms with van der Waals surface area (Å²) in [5.74, 6) is 12.9. The van der Waals surface area contributed by atoms with Crippen LogP contribution < -0.4 is 41.2 Å². The van der Waals surface area contributed by atoms with Crippen molar-refractivity contribution in [3.63, 3.8) is 0 Å². The van der Waals surface area contributed by atoms with Crippen molar-refractivity contribution in [2.75, 3.05) is 48.5 Å². The first-order valence-electron chi connectivity index (χ1n) is 25.1. The van der Waals surface area contributed by atoms with E-state index in [2.05, 4.69) is 25.6 Å². The SMILES string of the molecule is CC(=O)c1c(-c2ccc(C(=O)Nc3ccccn3)cc2)nc(CC2CCN(C(=O)OC(C)(C)C)CC2)n1N.CC(C)(C)OC(=O)N1CCC(Cc2nc(-c3ccc(C(=O)Nc4ccccn4)cc3)c(C(=O)O)n2N)CC1.[Li+].[OH-]. The second-order valence-corrected chi connectivity index (χ2v) is 20.8. The largest absolute Gasteiger partial charge is 1.00 e. The fourth-order valence-electron chi connectivity index (χ4n) is 8.81. The van der Waals surface area contributed by atoms with E-state index in [4.69, 9.17) is 26.1 Å². The number of nitrogen functional groups attached to an aromatic ring is 2. The number of Topliss-reactive ketones (excluding diaryl/α,β-unsaturated/α-hetero) is 1. The Morgan fingerprint density at radius 2 is 0.949 bits per heavy atom. The third-order valence-corrected chi connectivity index (χ3v) is 12.6. The maximum absolute atomic E-state index is 12.6. The molecule has 23 heteroatoms. The summed E-state index contributed by atoms with van der Waals surface area (Å²) in [7, 11) is 0. The Morgan fingerprint density at radius 3 is 1.27 bits per heavy atom. The topological polar surface area (TPSA) is 315 Å². The molecule has 0 atom stereocenters. The van der Waals surface area contributed by atoms with Crippen molar-refractivity contribution < 1.29 is 67.7 Å². The summed E-state index contributed by atoms with van der Waals surface area (Å²) in [6, 6.07) is 23.8. The Bertz CT molecular complexity index is 2830. The van der Waals surface area contributed by atoms with Crippen molar-refractivity contribution >= 4 is 47.4 Å². The van der Waals surface area contributed by atoms with Gasteiger partial charge in [0.05, 0.1) is 0 Å². The Labute approximate surface area is 464 Å². The van der Waals surface area contributed by atoms with Crippen molar-refractivity contribution in [3.8, 4) is 22.5 Å².